The van der Waals surface area contributed by atoms with Crippen LogP contribution in [-0.2, 0) is 4.79 Å². The van der Waals surface area contributed by atoms with Gasteiger partial charge in [-0.15, -0.1) is 0 Å². The van der Waals surface area contributed by atoms with Gasteiger partial charge in [0, 0.05) is 31.6 Å². The first kappa shape index (κ1) is 14.4. The normalized spacial score (nSPS) is 26.9. The molecule has 0 radical (unpaired) electrons. The summed E-state index contributed by atoms with van der Waals surface area (Å²) < 4.78 is 0. The number of amides is 1. The van der Waals surface area contributed by atoms with Crippen molar-refractivity contribution in [2.75, 3.05) is 20.1 Å². The molecule has 0 spiro atoms. The molecular formula is C12H26N2O. The Morgan fingerprint density at radius 3 is 2.20 bits per heavy atom. The lowest BCUT2D eigenvalue weighted by molar-refractivity contribution is -0.136. The number of carbonyl (C=O) groups excluding carboxylic acids is 1. The van der Waals surface area contributed by atoms with Gasteiger partial charge in [-0.05, 0) is 20.9 Å². The molecule has 0 aromatic heterocycles. The predicted molar refractivity (Wildman–Crippen MR) is 64.9 cm³/mol. The molecular weight excluding hydrogens is 188 g/mol. The molecule has 0 aliphatic carbocycles. The van der Waals surface area contributed by atoms with Crippen molar-refractivity contribution in [2.45, 2.75) is 53.1 Å². The molecule has 3 nitrogen and oxygen atoms in total. The van der Waals surface area contributed by atoms with Crippen molar-refractivity contribution >= 4 is 5.91 Å². The fourth-order valence-electron chi connectivity index (χ4n) is 1.85. The summed E-state index contributed by atoms with van der Waals surface area (Å²) in [7, 11) is 2.12. The Kier molecular flexibility index (Phi) is 6.57. The minimum atomic E-state index is 0.285. The number of piperazine rings is 1. The van der Waals surface area contributed by atoms with Crippen molar-refractivity contribution in [3.05, 3.63) is 0 Å². The maximum Gasteiger partial charge on any atom is 0.222 e. The van der Waals surface area contributed by atoms with Crippen LogP contribution in [0.1, 0.15) is 41.0 Å². The van der Waals surface area contributed by atoms with Crippen LogP contribution in [0.4, 0.5) is 0 Å². The summed E-state index contributed by atoms with van der Waals surface area (Å²) >= 11 is 0. The molecule has 1 fully saturated rings. The number of rotatable bonds is 1. The molecule has 1 aliphatic rings. The van der Waals surface area contributed by atoms with Crippen molar-refractivity contribution < 1.29 is 4.79 Å². The van der Waals surface area contributed by atoms with Gasteiger partial charge in [-0.2, -0.15) is 0 Å². The Balaban J connectivity index is 0.000000921. The summed E-state index contributed by atoms with van der Waals surface area (Å²) in [5, 5.41) is 0. The number of hydrogen-bond donors (Lipinski definition) is 0. The Morgan fingerprint density at radius 1 is 1.20 bits per heavy atom. The number of likely N-dealkylation sites (N-methyl/N-ethyl adjacent to an activating group) is 1. The monoisotopic (exact) mass is 214 g/mol. The Bertz CT molecular complexity index is 194. The van der Waals surface area contributed by atoms with E-state index in [2.05, 4.69) is 25.8 Å². The largest absolute Gasteiger partial charge is 0.337 e. The van der Waals surface area contributed by atoms with E-state index in [0.717, 1.165) is 13.1 Å². The zero-order chi connectivity index (χ0) is 12.0. The first-order valence-electron chi connectivity index (χ1n) is 6.06. The van der Waals surface area contributed by atoms with Gasteiger partial charge in [0.25, 0.3) is 0 Å². The highest BCUT2D eigenvalue weighted by molar-refractivity contribution is 5.76. The molecule has 15 heavy (non-hydrogen) atoms. The third-order valence-corrected chi connectivity index (χ3v) is 2.92. The van der Waals surface area contributed by atoms with Crippen LogP contribution in [0.5, 0.6) is 0 Å². The van der Waals surface area contributed by atoms with Gasteiger partial charge in [-0.1, -0.05) is 20.8 Å². The fourth-order valence-corrected chi connectivity index (χ4v) is 1.85. The number of hydrogen-bond acceptors (Lipinski definition) is 2. The zero-order valence-corrected chi connectivity index (χ0v) is 11.1. The number of nitrogens with zero attached hydrogens (tertiary/aromatic N) is 2. The van der Waals surface area contributed by atoms with Crippen molar-refractivity contribution in [3.63, 3.8) is 0 Å². The molecule has 0 N–H and O–H groups in total. The van der Waals surface area contributed by atoms with Crippen LogP contribution in [0.25, 0.3) is 0 Å². The Hall–Kier alpha value is -0.570. The van der Waals surface area contributed by atoms with E-state index >= 15 is 0 Å². The fraction of sp³-hybridized carbons (Fsp3) is 0.917. The van der Waals surface area contributed by atoms with E-state index in [1.165, 1.54) is 0 Å². The van der Waals surface area contributed by atoms with Crippen LogP contribution < -0.4 is 0 Å². The van der Waals surface area contributed by atoms with E-state index in [-0.39, 0.29) is 5.91 Å². The summed E-state index contributed by atoms with van der Waals surface area (Å²) in [6, 6.07) is 0.861. The maximum atomic E-state index is 11.5. The molecule has 0 aromatic rings. The van der Waals surface area contributed by atoms with Gasteiger partial charge in [0.15, 0.2) is 0 Å². The first-order valence-corrected chi connectivity index (χ1v) is 6.06. The van der Waals surface area contributed by atoms with Crippen LogP contribution >= 0.6 is 0 Å². The second kappa shape index (κ2) is 6.83. The molecule has 0 saturated carbocycles. The molecule has 3 heteroatoms. The molecule has 0 bridgehead atoms. The lowest BCUT2D eigenvalue weighted by Crippen LogP contribution is -2.56. The molecule has 1 amide bonds. The molecule has 90 valence electrons. The van der Waals surface area contributed by atoms with Gasteiger partial charge in [-0.25, -0.2) is 0 Å². The maximum absolute atomic E-state index is 11.5. The summed E-state index contributed by atoms with van der Waals surface area (Å²) in [6.45, 7) is 12.1. The second-order valence-electron chi connectivity index (χ2n) is 4.04. The Labute approximate surface area is 94.4 Å². The molecule has 1 rings (SSSR count). The molecule has 1 aliphatic heterocycles. The topological polar surface area (TPSA) is 23.6 Å². The minimum absolute atomic E-state index is 0.285. The second-order valence-corrected chi connectivity index (χ2v) is 4.04. The summed E-state index contributed by atoms with van der Waals surface area (Å²) in [5.41, 5.74) is 0. The molecule has 1 saturated heterocycles. The van der Waals surface area contributed by atoms with E-state index in [0.29, 0.717) is 18.5 Å². The third kappa shape index (κ3) is 3.82. The SMILES string of the molecule is CC.CCC(=O)N1CC(C)N(C)CC1C. The lowest BCUT2D eigenvalue weighted by atomic mass is 10.1. The standard InChI is InChI=1S/C10H20N2O.C2H6/c1-5-10(13)12-7-8(2)11(4)6-9(12)3;1-2/h8-9H,5-7H2,1-4H3;1-2H3. The van der Waals surface area contributed by atoms with Gasteiger partial charge >= 0.3 is 0 Å². The minimum Gasteiger partial charge on any atom is -0.337 e. The van der Waals surface area contributed by atoms with Gasteiger partial charge in [-0.3, -0.25) is 9.69 Å². The number of carbonyl (C=O) groups is 1. The lowest BCUT2D eigenvalue weighted by Gasteiger charge is -2.42. The van der Waals surface area contributed by atoms with Crippen LogP contribution in [0.2, 0.25) is 0 Å². The highest BCUT2D eigenvalue weighted by Gasteiger charge is 2.28. The molecule has 0 aromatic carbocycles. The summed E-state index contributed by atoms with van der Waals surface area (Å²) in [5.74, 6) is 0.285. The Morgan fingerprint density at radius 2 is 1.73 bits per heavy atom. The van der Waals surface area contributed by atoms with Crippen molar-refractivity contribution in [3.8, 4) is 0 Å². The van der Waals surface area contributed by atoms with Crippen LogP contribution in [-0.4, -0.2) is 47.9 Å². The smallest absolute Gasteiger partial charge is 0.222 e. The van der Waals surface area contributed by atoms with Crippen LogP contribution in [0.15, 0.2) is 0 Å². The average molecular weight is 214 g/mol. The van der Waals surface area contributed by atoms with Gasteiger partial charge in [0.05, 0.1) is 0 Å². The summed E-state index contributed by atoms with van der Waals surface area (Å²) in [6.07, 6.45) is 0.626. The quantitative estimate of drug-likeness (QED) is 0.666. The van der Waals surface area contributed by atoms with E-state index in [1.54, 1.807) is 0 Å². The average Bonchev–Trinajstić information content (AvgIpc) is 2.25. The highest BCUT2D eigenvalue weighted by Crippen LogP contribution is 2.13. The first-order chi connectivity index (χ1) is 7.06. The molecule has 2 atom stereocenters. The van der Waals surface area contributed by atoms with Crippen LogP contribution in [0.3, 0.4) is 0 Å². The summed E-state index contributed by atoms with van der Waals surface area (Å²) in [4.78, 5) is 15.9. The predicted octanol–water partition coefficient (Wildman–Crippen LogP) is 1.97. The molecule has 2 unspecified atom stereocenters. The molecule has 1 heterocycles. The highest BCUT2D eigenvalue weighted by atomic mass is 16.2. The third-order valence-electron chi connectivity index (χ3n) is 2.92. The van der Waals surface area contributed by atoms with Gasteiger partial charge in [0.2, 0.25) is 5.91 Å². The van der Waals surface area contributed by atoms with E-state index < -0.39 is 0 Å². The van der Waals surface area contributed by atoms with Gasteiger partial charge in [0.1, 0.15) is 0 Å². The van der Waals surface area contributed by atoms with Gasteiger partial charge < -0.3 is 4.90 Å². The van der Waals surface area contributed by atoms with Crippen molar-refractivity contribution in [1.29, 1.82) is 0 Å². The van der Waals surface area contributed by atoms with Crippen molar-refractivity contribution in [2.24, 2.45) is 0 Å². The van der Waals surface area contributed by atoms with E-state index in [4.69, 9.17) is 0 Å². The van der Waals surface area contributed by atoms with Crippen molar-refractivity contribution in [1.82, 2.24) is 9.80 Å². The zero-order valence-electron chi connectivity index (χ0n) is 11.1. The van der Waals surface area contributed by atoms with Crippen LogP contribution in [0, 0.1) is 0 Å². The van der Waals surface area contributed by atoms with E-state index in [1.807, 2.05) is 25.7 Å². The van der Waals surface area contributed by atoms with E-state index in [9.17, 15) is 4.79 Å².